The van der Waals surface area contributed by atoms with E-state index in [1.165, 1.54) is 11.3 Å². The molecule has 0 aliphatic carbocycles. The Balaban J connectivity index is 1.92. The first-order valence-corrected chi connectivity index (χ1v) is 6.33. The lowest BCUT2D eigenvalue weighted by atomic mass is 10.3. The van der Waals surface area contributed by atoms with Gasteiger partial charge in [0.05, 0.1) is 7.11 Å². The Morgan fingerprint density at radius 2 is 2.26 bits per heavy atom. The van der Waals surface area contributed by atoms with Gasteiger partial charge in [-0.05, 0) is 5.56 Å². The fourth-order valence-corrected chi connectivity index (χ4v) is 1.92. The van der Waals surface area contributed by atoms with E-state index >= 15 is 0 Å². The van der Waals surface area contributed by atoms with Crippen LogP contribution in [-0.2, 0) is 6.54 Å². The first-order chi connectivity index (χ1) is 9.22. The third-order valence-corrected chi connectivity index (χ3v) is 3.23. The van der Waals surface area contributed by atoms with Gasteiger partial charge in [-0.3, -0.25) is 4.79 Å². The fraction of sp³-hybridized carbons (Fsp3) is 0.273. The molecule has 2 aromatic rings. The molecule has 0 aliphatic heterocycles. The second kappa shape index (κ2) is 6.10. The van der Waals surface area contributed by atoms with Gasteiger partial charge in [0.2, 0.25) is 16.0 Å². The number of pyridine rings is 1. The fourth-order valence-electron chi connectivity index (χ4n) is 1.31. The number of ether oxygens (including phenoxy) is 1. The monoisotopic (exact) mass is 279 g/mol. The molecule has 2 aromatic heterocycles. The number of rotatable bonds is 5. The van der Waals surface area contributed by atoms with Crippen molar-refractivity contribution in [3.05, 3.63) is 28.9 Å². The Morgan fingerprint density at radius 3 is 2.84 bits per heavy atom. The lowest BCUT2D eigenvalue weighted by Crippen LogP contribution is -2.22. The number of hydrogen-bond acceptors (Lipinski definition) is 7. The molecule has 1 amide bonds. The summed E-state index contributed by atoms with van der Waals surface area (Å²) in [5, 5.41) is 14.1. The number of anilines is 1. The number of hydrogen-bond donors (Lipinski definition) is 2. The Hall–Kier alpha value is -2.22. The average Bonchev–Trinajstić information content (AvgIpc) is 2.94. The molecule has 2 heterocycles. The molecular formula is C11H13N5O2S. The van der Waals surface area contributed by atoms with Gasteiger partial charge >= 0.3 is 0 Å². The van der Waals surface area contributed by atoms with E-state index in [0.717, 1.165) is 5.56 Å². The molecule has 8 heteroatoms. The van der Waals surface area contributed by atoms with Gasteiger partial charge in [-0.1, -0.05) is 17.4 Å². The lowest BCUT2D eigenvalue weighted by molar-refractivity contribution is 0.0950. The third kappa shape index (κ3) is 3.38. The number of aromatic nitrogens is 3. The van der Waals surface area contributed by atoms with Crippen molar-refractivity contribution in [1.29, 1.82) is 0 Å². The van der Waals surface area contributed by atoms with Crippen molar-refractivity contribution in [3.63, 3.8) is 0 Å². The van der Waals surface area contributed by atoms with Crippen LogP contribution in [0.5, 0.6) is 5.88 Å². The van der Waals surface area contributed by atoms with Crippen LogP contribution in [-0.4, -0.2) is 35.2 Å². The quantitative estimate of drug-likeness (QED) is 0.845. The highest BCUT2D eigenvalue weighted by Crippen LogP contribution is 2.14. The Morgan fingerprint density at radius 1 is 1.42 bits per heavy atom. The van der Waals surface area contributed by atoms with E-state index in [2.05, 4.69) is 25.8 Å². The highest BCUT2D eigenvalue weighted by molar-refractivity contribution is 7.17. The van der Waals surface area contributed by atoms with E-state index in [1.807, 2.05) is 6.07 Å². The van der Waals surface area contributed by atoms with E-state index in [0.29, 0.717) is 22.6 Å². The van der Waals surface area contributed by atoms with Crippen LogP contribution < -0.4 is 15.4 Å². The molecule has 19 heavy (non-hydrogen) atoms. The van der Waals surface area contributed by atoms with Gasteiger partial charge in [-0.15, -0.1) is 10.2 Å². The molecule has 100 valence electrons. The van der Waals surface area contributed by atoms with Crippen LogP contribution in [0.2, 0.25) is 0 Å². The summed E-state index contributed by atoms with van der Waals surface area (Å²) in [5.74, 6) is 0.285. The van der Waals surface area contributed by atoms with Gasteiger partial charge in [-0.25, -0.2) is 4.98 Å². The predicted octanol–water partition coefficient (Wildman–Crippen LogP) is 0.913. The highest BCUT2D eigenvalue weighted by Gasteiger charge is 2.11. The molecule has 0 fully saturated rings. The van der Waals surface area contributed by atoms with Gasteiger partial charge < -0.3 is 15.4 Å². The smallest absolute Gasteiger partial charge is 0.282 e. The SMILES string of the molecule is CNc1nnc(C(=O)NCc2ccc(OC)nc2)s1. The molecule has 0 spiro atoms. The number of amides is 1. The van der Waals surface area contributed by atoms with E-state index in [-0.39, 0.29) is 5.91 Å². The van der Waals surface area contributed by atoms with Gasteiger partial charge in [0, 0.05) is 25.9 Å². The number of nitrogens with zero attached hydrogens (tertiary/aromatic N) is 3. The van der Waals surface area contributed by atoms with E-state index in [4.69, 9.17) is 4.74 Å². The zero-order valence-electron chi connectivity index (χ0n) is 10.5. The molecule has 0 atom stereocenters. The molecule has 0 unspecified atom stereocenters. The summed E-state index contributed by atoms with van der Waals surface area (Å²) in [4.78, 5) is 15.9. The number of carbonyl (C=O) groups excluding carboxylic acids is 1. The topological polar surface area (TPSA) is 89.0 Å². The summed E-state index contributed by atoms with van der Waals surface area (Å²) in [6, 6.07) is 3.58. The molecular weight excluding hydrogens is 266 g/mol. The predicted molar refractivity (Wildman–Crippen MR) is 71.4 cm³/mol. The summed E-state index contributed by atoms with van der Waals surface area (Å²) in [6.45, 7) is 0.379. The molecule has 2 rings (SSSR count). The number of carbonyl (C=O) groups is 1. The molecule has 7 nitrogen and oxygen atoms in total. The number of nitrogens with one attached hydrogen (secondary N) is 2. The minimum absolute atomic E-state index is 0.255. The van der Waals surface area contributed by atoms with Crippen molar-refractivity contribution >= 4 is 22.4 Å². The highest BCUT2D eigenvalue weighted by atomic mass is 32.1. The van der Waals surface area contributed by atoms with Crippen LogP contribution in [0.1, 0.15) is 15.4 Å². The van der Waals surface area contributed by atoms with Crippen LogP contribution in [0.15, 0.2) is 18.3 Å². The molecule has 0 aliphatic rings. The molecule has 0 aromatic carbocycles. The zero-order chi connectivity index (χ0) is 13.7. The first-order valence-electron chi connectivity index (χ1n) is 5.51. The molecule has 0 radical (unpaired) electrons. The number of methoxy groups -OCH3 is 1. The molecule has 0 saturated heterocycles. The van der Waals surface area contributed by atoms with Crippen LogP contribution >= 0.6 is 11.3 Å². The molecule has 0 saturated carbocycles. The van der Waals surface area contributed by atoms with Crippen molar-refractivity contribution in [2.45, 2.75) is 6.54 Å². The second-order valence-corrected chi connectivity index (χ2v) is 4.53. The minimum Gasteiger partial charge on any atom is -0.481 e. The van der Waals surface area contributed by atoms with Crippen molar-refractivity contribution < 1.29 is 9.53 Å². The van der Waals surface area contributed by atoms with E-state index in [1.54, 1.807) is 26.4 Å². The summed E-state index contributed by atoms with van der Waals surface area (Å²) in [7, 11) is 3.28. The second-order valence-electron chi connectivity index (χ2n) is 3.55. The van der Waals surface area contributed by atoms with Crippen molar-refractivity contribution in [2.24, 2.45) is 0 Å². The molecule has 2 N–H and O–H groups in total. The minimum atomic E-state index is -0.255. The molecule has 0 bridgehead atoms. The van der Waals surface area contributed by atoms with Crippen molar-refractivity contribution in [1.82, 2.24) is 20.5 Å². The maximum atomic E-state index is 11.8. The van der Waals surface area contributed by atoms with Crippen LogP contribution in [0.4, 0.5) is 5.13 Å². The maximum Gasteiger partial charge on any atom is 0.282 e. The summed E-state index contributed by atoms with van der Waals surface area (Å²) in [5.41, 5.74) is 0.882. The van der Waals surface area contributed by atoms with Gasteiger partial charge in [0.25, 0.3) is 5.91 Å². The standard InChI is InChI=1S/C11H13N5O2S/c1-12-11-16-15-10(19-11)9(17)14-6-7-3-4-8(18-2)13-5-7/h3-5H,6H2,1-2H3,(H,12,16)(H,14,17). The van der Waals surface area contributed by atoms with Crippen LogP contribution in [0, 0.1) is 0 Å². The van der Waals surface area contributed by atoms with E-state index < -0.39 is 0 Å². The zero-order valence-corrected chi connectivity index (χ0v) is 11.3. The lowest BCUT2D eigenvalue weighted by Gasteiger charge is -2.03. The summed E-state index contributed by atoms with van der Waals surface area (Å²) < 4.78 is 4.96. The first kappa shape index (κ1) is 13.2. The maximum absolute atomic E-state index is 11.8. The largest absolute Gasteiger partial charge is 0.481 e. The van der Waals surface area contributed by atoms with Crippen LogP contribution in [0.25, 0.3) is 0 Å². The van der Waals surface area contributed by atoms with Crippen molar-refractivity contribution in [3.8, 4) is 5.88 Å². The summed E-state index contributed by atoms with van der Waals surface area (Å²) >= 11 is 1.20. The average molecular weight is 279 g/mol. The van der Waals surface area contributed by atoms with Gasteiger partial charge in [0.1, 0.15) is 0 Å². The normalized spacial score (nSPS) is 10.0. The van der Waals surface area contributed by atoms with Crippen molar-refractivity contribution in [2.75, 3.05) is 19.5 Å². The summed E-state index contributed by atoms with van der Waals surface area (Å²) in [6.07, 6.45) is 1.65. The van der Waals surface area contributed by atoms with Gasteiger partial charge in [-0.2, -0.15) is 0 Å². The Bertz CT molecular complexity index is 554. The van der Waals surface area contributed by atoms with E-state index in [9.17, 15) is 4.79 Å². The Labute approximate surface area is 114 Å². The van der Waals surface area contributed by atoms with Gasteiger partial charge in [0.15, 0.2) is 0 Å². The Kier molecular flexibility index (Phi) is 4.24. The third-order valence-electron chi connectivity index (χ3n) is 2.29. The van der Waals surface area contributed by atoms with Crippen LogP contribution in [0.3, 0.4) is 0 Å².